The average molecular weight is 632 g/mol. The summed E-state index contributed by atoms with van der Waals surface area (Å²) in [5, 5.41) is 20.6. The van der Waals surface area contributed by atoms with E-state index in [-0.39, 0.29) is 11.9 Å². The van der Waals surface area contributed by atoms with Crippen LogP contribution in [0.2, 0.25) is 0 Å². The predicted octanol–water partition coefficient (Wildman–Crippen LogP) is 5.01. The molecule has 1 aliphatic rings. The van der Waals surface area contributed by atoms with Crippen LogP contribution in [-0.4, -0.2) is 68.5 Å². The average Bonchev–Trinajstić information content (AvgIpc) is 3.76. The Bertz CT molecular complexity index is 2000. The zero-order valence-corrected chi connectivity index (χ0v) is 26.1. The molecule has 0 saturated carbocycles. The van der Waals surface area contributed by atoms with Crippen LogP contribution >= 0.6 is 0 Å². The number of piperidine rings is 1. The van der Waals surface area contributed by atoms with Crippen LogP contribution < -0.4 is 11.1 Å². The molecule has 0 spiro atoms. The van der Waals surface area contributed by atoms with E-state index < -0.39 is 6.80 Å². The molecular formula is C33H34FN13. The highest BCUT2D eigenvalue weighted by Gasteiger charge is 2.21. The van der Waals surface area contributed by atoms with Crippen molar-refractivity contribution in [2.45, 2.75) is 46.1 Å². The van der Waals surface area contributed by atoms with E-state index >= 15 is 0 Å². The molecule has 1 fully saturated rings. The van der Waals surface area contributed by atoms with Gasteiger partial charge in [0.2, 0.25) is 12.6 Å². The molecule has 3 N–H and O–H groups in total. The Balaban J connectivity index is 0.00000190. The van der Waals surface area contributed by atoms with E-state index in [1.807, 2.05) is 42.7 Å². The second kappa shape index (κ2) is 14.1. The van der Waals surface area contributed by atoms with Crippen LogP contribution in [0.4, 0.5) is 16.0 Å². The predicted molar refractivity (Wildman–Crippen MR) is 177 cm³/mol. The number of hydrogen-bond acceptors (Lipinski definition) is 11. The fraction of sp³-hybridized carbons (Fsp3) is 0.273. The van der Waals surface area contributed by atoms with Crippen molar-refractivity contribution >= 4 is 22.8 Å². The molecule has 0 amide bonds. The highest BCUT2D eigenvalue weighted by Crippen LogP contribution is 2.31. The third kappa shape index (κ3) is 6.75. The Hall–Kier alpha value is -5.81. The van der Waals surface area contributed by atoms with Crippen molar-refractivity contribution in [1.29, 1.82) is 5.26 Å². The minimum atomic E-state index is -0.820. The van der Waals surface area contributed by atoms with Crippen molar-refractivity contribution in [2.24, 2.45) is 0 Å². The molecule has 47 heavy (non-hydrogen) atoms. The summed E-state index contributed by atoms with van der Waals surface area (Å²) >= 11 is 0. The monoisotopic (exact) mass is 631 g/mol. The van der Waals surface area contributed by atoms with E-state index in [1.54, 1.807) is 24.5 Å². The van der Waals surface area contributed by atoms with Gasteiger partial charge in [0.15, 0.2) is 11.5 Å². The number of halogens is 1. The Morgan fingerprint density at radius 2 is 1.77 bits per heavy atom. The zero-order valence-electron chi connectivity index (χ0n) is 26.1. The first-order chi connectivity index (χ1) is 23.1. The molecule has 238 valence electrons. The maximum absolute atomic E-state index is 13.1. The summed E-state index contributed by atoms with van der Waals surface area (Å²) in [6.45, 7) is 5.87. The summed E-state index contributed by atoms with van der Waals surface area (Å²) in [5.74, 6) is 1.82. The van der Waals surface area contributed by atoms with Gasteiger partial charge in [0.05, 0.1) is 17.5 Å². The summed E-state index contributed by atoms with van der Waals surface area (Å²) < 4.78 is 15.0. The maximum Gasteiger partial charge on any atom is 0.234 e. The zero-order chi connectivity index (χ0) is 32.8. The van der Waals surface area contributed by atoms with Crippen LogP contribution in [0, 0.1) is 11.3 Å². The van der Waals surface area contributed by atoms with Crippen LogP contribution in [0.3, 0.4) is 0 Å². The summed E-state index contributed by atoms with van der Waals surface area (Å²) in [6.07, 6.45) is 6.67. The van der Waals surface area contributed by atoms with Gasteiger partial charge in [0, 0.05) is 43.8 Å². The number of nitrogens with two attached hydrogens (primary N) is 1. The minimum Gasteiger partial charge on any atom is -0.383 e. The summed E-state index contributed by atoms with van der Waals surface area (Å²) in [4.78, 5) is 25.6. The molecule has 1 aromatic carbocycles. The van der Waals surface area contributed by atoms with Crippen molar-refractivity contribution in [3.8, 4) is 34.5 Å². The summed E-state index contributed by atoms with van der Waals surface area (Å²) in [7, 11) is 0. The number of imidazole rings is 1. The quantitative estimate of drug-likeness (QED) is 0.232. The number of hydrogen-bond donors (Lipinski definition) is 2. The van der Waals surface area contributed by atoms with Crippen molar-refractivity contribution in [2.75, 3.05) is 24.1 Å². The molecule has 1 aliphatic heterocycles. The second-order valence-electron chi connectivity index (χ2n) is 10.7. The van der Waals surface area contributed by atoms with Gasteiger partial charge in [-0.05, 0) is 60.9 Å². The number of nitriles is 1. The lowest BCUT2D eigenvalue weighted by molar-refractivity contribution is 0.211. The first-order valence-corrected chi connectivity index (χ1v) is 15.5. The Labute approximate surface area is 271 Å². The van der Waals surface area contributed by atoms with Crippen LogP contribution in [0.1, 0.15) is 38.1 Å². The van der Waals surface area contributed by atoms with E-state index in [9.17, 15) is 4.39 Å². The van der Waals surface area contributed by atoms with Crippen molar-refractivity contribution < 1.29 is 4.39 Å². The van der Waals surface area contributed by atoms with Gasteiger partial charge in [-0.2, -0.15) is 15.2 Å². The lowest BCUT2D eigenvalue weighted by Gasteiger charge is -2.32. The second-order valence-corrected chi connectivity index (χ2v) is 10.7. The highest BCUT2D eigenvalue weighted by atomic mass is 19.1. The molecule has 0 bridgehead atoms. The first-order valence-electron chi connectivity index (χ1n) is 15.5. The number of fused-ring (bicyclic) bond motifs is 1. The van der Waals surface area contributed by atoms with Crippen LogP contribution in [0.25, 0.3) is 39.6 Å². The normalized spacial score (nSPS) is 13.6. The molecule has 13 nitrogen and oxygen atoms in total. The molecule has 0 atom stereocenters. The largest absolute Gasteiger partial charge is 0.383 e. The van der Waals surface area contributed by atoms with Crippen LogP contribution in [0.5, 0.6) is 0 Å². The highest BCUT2D eigenvalue weighted by molar-refractivity contribution is 5.84. The van der Waals surface area contributed by atoms with Crippen LogP contribution in [0.15, 0.2) is 73.2 Å². The van der Waals surface area contributed by atoms with Crippen molar-refractivity contribution in [1.82, 2.24) is 49.4 Å². The molecule has 7 rings (SSSR count). The Kier molecular flexibility index (Phi) is 9.35. The number of aromatic nitrogens is 9. The standard InChI is InChI=1S/C31H28FN13.C2H6/c32-19-44-37-17-26(42-44)24-7-8-25-31(39-24)45(30(40-25)23-2-1-12-36-29(23)34)22-5-3-20(4-6-22)18-43-14-10-21(11-15-43)38-27-9-13-35-28(16-33)41-27;1-2/h1-9,12-13,17,21H,10-11,14-15,18-19H2,(H2,34,36)(H,35,38,41);1-2H3. The van der Waals surface area contributed by atoms with E-state index in [0.29, 0.717) is 45.6 Å². The number of nitrogens with zero attached hydrogens (tertiary/aromatic N) is 11. The van der Waals surface area contributed by atoms with E-state index in [1.165, 1.54) is 11.8 Å². The molecule has 14 heteroatoms. The number of rotatable bonds is 8. The Morgan fingerprint density at radius 3 is 2.49 bits per heavy atom. The van der Waals surface area contributed by atoms with Gasteiger partial charge in [-0.25, -0.2) is 29.3 Å². The number of nitrogens with one attached hydrogen (secondary N) is 1. The van der Waals surface area contributed by atoms with Crippen molar-refractivity contribution in [3.05, 3.63) is 84.6 Å². The van der Waals surface area contributed by atoms with Gasteiger partial charge in [0.1, 0.15) is 28.9 Å². The number of nitrogen functional groups attached to an aromatic ring is 1. The van der Waals surface area contributed by atoms with Gasteiger partial charge in [-0.3, -0.25) is 9.47 Å². The first kappa shape index (κ1) is 31.2. The molecule has 0 radical (unpaired) electrons. The molecular weight excluding hydrogens is 597 g/mol. The van der Waals surface area contributed by atoms with E-state index in [4.69, 9.17) is 21.0 Å². The number of pyridine rings is 2. The van der Waals surface area contributed by atoms with E-state index in [0.717, 1.165) is 43.0 Å². The number of benzene rings is 1. The third-order valence-corrected chi connectivity index (χ3v) is 7.79. The SMILES string of the molecule is CC.N#Cc1nccc(NC2CCN(Cc3ccc(-n4c(-c5cccnc5N)nc5ccc(-c6cnn(CF)n6)nc54)cc3)CC2)n1. The van der Waals surface area contributed by atoms with E-state index in [2.05, 4.69) is 59.6 Å². The fourth-order valence-corrected chi connectivity index (χ4v) is 5.55. The summed E-state index contributed by atoms with van der Waals surface area (Å²) in [5.41, 5.74) is 11.3. The maximum atomic E-state index is 13.1. The smallest absolute Gasteiger partial charge is 0.234 e. The molecule has 5 aromatic heterocycles. The van der Waals surface area contributed by atoms with Gasteiger partial charge in [-0.1, -0.05) is 26.0 Å². The van der Waals surface area contributed by atoms with Gasteiger partial charge < -0.3 is 11.1 Å². The van der Waals surface area contributed by atoms with Gasteiger partial charge in [0.25, 0.3) is 0 Å². The molecule has 1 saturated heterocycles. The number of anilines is 2. The lowest BCUT2D eigenvalue weighted by Crippen LogP contribution is -2.38. The third-order valence-electron chi connectivity index (χ3n) is 7.79. The Morgan fingerprint density at radius 1 is 0.957 bits per heavy atom. The van der Waals surface area contributed by atoms with Gasteiger partial charge in [-0.15, -0.1) is 5.10 Å². The number of likely N-dealkylation sites (tertiary alicyclic amines) is 1. The lowest BCUT2D eigenvalue weighted by atomic mass is 10.0. The van der Waals surface area contributed by atoms with Gasteiger partial charge >= 0.3 is 0 Å². The van der Waals surface area contributed by atoms with Crippen LogP contribution in [-0.2, 0) is 13.3 Å². The molecule has 0 unspecified atom stereocenters. The molecule has 0 aliphatic carbocycles. The topological polar surface area (TPSA) is 165 Å². The summed E-state index contributed by atoms with van der Waals surface area (Å²) in [6, 6.07) is 19.8. The molecule has 6 aromatic rings. The minimum absolute atomic E-state index is 0.166. The fourth-order valence-electron chi connectivity index (χ4n) is 5.55. The molecule has 6 heterocycles. The number of alkyl halides is 1. The van der Waals surface area contributed by atoms with Crippen molar-refractivity contribution in [3.63, 3.8) is 0 Å².